The van der Waals surface area contributed by atoms with Gasteiger partial charge in [0.15, 0.2) is 0 Å². The van der Waals surface area contributed by atoms with Crippen LogP contribution in [0.2, 0.25) is 0 Å². The minimum Gasteiger partial charge on any atom is -0.334 e. The first-order valence-corrected chi connectivity index (χ1v) is 9.13. The van der Waals surface area contributed by atoms with Gasteiger partial charge in [0.2, 0.25) is 0 Å². The van der Waals surface area contributed by atoms with E-state index in [4.69, 9.17) is 0 Å². The van der Waals surface area contributed by atoms with Crippen LogP contribution in [0.5, 0.6) is 0 Å². The summed E-state index contributed by atoms with van der Waals surface area (Å²) in [5.74, 6) is -0.148. The number of carbonyl (C=O) groups is 1. The molecule has 2 heterocycles. The molecule has 6 nitrogen and oxygen atoms in total. The summed E-state index contributed by atoms with van der Waals surface area (Å²) >= 11 is 0. The van der Waals surface area contributed by atoms with Gasteiger partial charge in [-0.1, -0.05) is 24.3 Å². The second-order valence-corrected chi connectivity index (χ2v) is 6.83. The molecule has 0 aliphatic heterocycles. The lowest BCUT2D eigenvalue weighted by molar-refractivity contribution is 0.0736. The maximum absolute atomic E-state index is 12.7. The standard InChI is InChI=1S/C22H21N5O/c1-15-12-24-20(13-23-15)22(28)26(3)16(2)17-8-10-18(11-9-17)27-14-25-19-6-4-5-7-21(19)27/h4-14,16H,1-3H3/t16-/m0/s1. The van der Waals surface area contributed by atoms with Gasteiger partial charge in [-0.3, -0.25) is 14.3 Å². The zero-order valence-corrected chi connectivity index (χ0v) is 16.1. The number of nitrogens with zero attached hydrogens (tertiary/aromatic N) is 5. The van der Waals surface area contributed by atoms with E-state index in [2.05, 4.69) is 19.5 Å². The minimum absolute atomic E-state index is 0.0933. The summed E-state index contributed by atoms with van der Waals surface area (Å²) in [6, 6.07) is 16.1. The summed E-state index contributed by atoms with van der Waals surface area (Å²) in [6.45, 7) is 3.85. The third-order valence-electron chi connectivity index (χ3n) is 5.01. The van der Waals surface area contributed by atoms with Crippen molar-refractivity contribution in [1.29, 1.82) is 0 Å². The molecule has 6 heteroatoms. The minimum atomic E-state index is -0.148. The summed E-state index contributed by atoms with van der Waals surface area (Å²) in [5.41, 5.74) is 5.24. The van der Waals surface area contributed by atoms with E-state index in [1.165, 1.54) is 6.20 Å². The lowest BCUT2D eigenvalue weighted by atomic mass is 10.1. The largest absolute Gasteiger partial charge is 0.334 e. The first-order valence-electron chi connectivity index (χ1n) is 9.13. The van der Waals surface area contributed by atoms with Crippen molar-refractivity contribution in [2.75, 3.05) is 7.05 Å². The molecule has 0 fully saturated rings. The monoisotopic (exact) mass is 371 g/mol. The number of hydrogen-bond acceptors (Lipinski definition) is 4. The number of fused-ring (bicyclic) bond motifs is 1. The van der Waals surface area contributed by atoms with Crippen LogP contribution in [-0.4, -0.2) is 37.4 Å². The van der Waals surface area contributed by atoms with E-state index in [0.29, 0.717) is 5.69 Å². The van der Waals surface area contributed by atoms with Gasteiger partial charge in [-0.15, -0.1) is 0 Å². The SMILES string of the molecule is Cc1cnc(C(=O)N(C)[C@@H](C)c2ccc(-n3cnc4ccccc43)cc2)cn1. The maximum Gasteiger partial charge on any atom is 0.274 e. The molecule has 1 amide bonds. The van der Waals surface area contributed by atoms with E-state index in [1.54, 1.807) is 18.1 Å². The third kappa shape index (κ3) is 3.24. The van der Waals surface area contributed by atoms with E-state index in [1.807, 2.05) is 68.7 Å². The van der Waals surface area contributed by atoms with E-state index in [9.17, 15) is 4.79 Å². The molecular weight excluding hydrogens is 350 g/mol. The Morgan fingerprint density at radius 2 is 1.75 bits per heavy atom. The fraction of sp³-hybridized carbons (Fsp3) is 0.182. The Hall–Kier alpha value is -3.54. The molecule has 0 N–H and O–H groups in total. The van der Waals surface area contributed by atoms with Crippen molar-refractivity contribution >= 4 is 16.9 Å². The number of aromatic nitrogens is 4. The molecule has 0 saturated carbocycles. The zero-order chi connectivity index (χ0) is 19.7. The highest BCUT2D eigenvalue weighted by molar-refractivity contribution is 5.92. The third-order valence-corrected chi connectivity index (χ3v) is 5.01. The number of benzene rings is 2. The van der Waals surface area contributed by atoms with Gasteiger partial charge in [0, 0.05) is 18.9 Å². The van der Waals surface area contributed by atoms with Crippen LogP contribution in [0.4, 0.5) is 0 Å². The Bertz CT molecular complexity index is 1120. The van der Waals surface area contributed by atoms with Crippen LogP contribution in [0.1, 0.15) is 34.7 Å². The number of rotatable bonds is 4. The molecule has 0 spiro atoms. The van der Waals surface area contributed by atoms with Crippen molar-refractivity contribution in [3.05, 3.63) is 84.2 Å². The molecule has 0 unspecified atom stereocenters. The second-order valence-electron chi connectivity index (χ2n) is 6.83. The van der Waals surface area contributed by atoms with Gasteiger partial charge in [0.1, 0.15) is 12.0 Å². The first kappa shape index (κ1) is 17.9. The first-order chi connectivity index (χ1) is 13.5. The highest BCUT2D eigenvalue weighted by Gasteiger charge is 2.20. The van der Waals surface area contributed by atoms with Gasteiger partial charge in [-0.25, -0.2) is 9.97 Å². The highest BCUT2D eigenvalue weighted by Crippen LogP contribution is 2.23. The summed E-state index contributed by atoms with van der Waals surface area (Å²) in [4.78, 5) is 27.2. The average molecular weight is 371 g/mol. The van der Waals surface area contributed by atoms with Crippen LogP contribution in [0.15, 0.2) is 67.3 Å². The molecule has 140 valence electrons. The van der Waals surface area contributed by atoms with E-state index < -0.39 is 0 Å². The quantitative estimate of drug-likeness (QED) is 0.545. The summed E-state index contributed by atoms with van der Waals surface area (Å²) < 4.78 is 2.06. The zero-order valence-electron chi connectivity index (χ0n) is 16.1. The summed E-state index contributed by atoms with van der Waals surface area (Å²) in [5, 5.41) is 0. The number of para-hydroxylation sites is 2. The number of carbonyl (C=O) groups excluding carboxylic acids is 1. The molecule has 0 aliphatic carbocycles. The number of hydrogen-bond donors (Lipinski definition) is 0. The van der Waals surface area contributed by atoms with Crippen molar-refractivity contribution in [1.82, 2.24) is 24.4 Å². The molecule has 2 aromatic heterocycles. The molecule has 2 aromatic carbocycles. The van der Waals surface area contributed by atoms with Gasteiger partial charge in [-0.05, 0) is 43.7 Å². The predicted molar refractivity (Wildman–Crippen MR) is 108 cm³/mol. The van der Waals surface area contributed by atoms with Gasteiger partial charge in [0.25, 0.3) is 5.91 Å². The normalized spacial score (nSPS) is 12.1. The van der Waals surface area contributed by atoms with E-state index >= 15 is 0 Å². The summed E-state index contributed by atoms with van der Waals surface area (Å²) in [6.07, 6.45) is 4.96. The van der Waals surface area contributed by atoms with Crippen LogP contribution in [0.25, 0.3) is 16.7 Å². The molecule has 4 aromatic rings. The Labute approximate surface area is 163 Å². The molecule has 28 heavy (non-hydrogen) atoms. The second kappa shape index (κ2) is 7.23. The van der Waals surface area contributed by atoms with Crippen molar-refractivity contribution in [2.24, 2.45) is 0 Å². The lowest BCUT2D eigenvalue weighted by Crippen LogP contribution is -2.30. The Morgan fingerprint density at radius 1 is 1.00 bits per heavy atom. The van der Waals surface area contributed by atoms with Crippen molar-refractivity contribution < 1.29 is 4.79 Å². The highest BCUT2D eigenvalue weighted by atomic mass is 16.2. The van der Waals surface area contributed by atoms with Crippen molar-refractivity contribution in [3.63, 3.8) is 0 Å². The lowest BCUT2D eigenvalue weighted by Gasteiger charge is -2.25. The maximum atomic E-state index is 12.7. The van der Waals surface area contributed by atoms with Crippen LogP contribution >= 0.6 is 0 Å². The Balaban J connectivity index is 1.56. The van der Waals surface area contributed by atoms with Gasteiger partial charge in [0.05, 0.1) is 29.0 Å². The fourth-order valence-electron chi connectivity index (χ4n) is 3.16. The smallest absolute Gasteiger partial charge is 0.274 e. The summed E-state index contributed by atoms with van der Waals surface area (Å²) in [7, 11) is 1.78. The predicted octanol–water partition coefficient (Wildman–Crippen LogP) is 3.96. The van der Waals surface area contributed by atoms with Gasteiger partial charge < -0.3 is 4.90 Å². The number of amides is 1. The molecule has 0 saturated heterocycles. The van der Waals surface area contributed by atoms with Crippen LogP contribution in [0.3, 0.4) is 0 Å². The molecule has 1 atom stereocenters. The topological polar surface area (TPSA) is 63.9 Å². The van der Waals surface area contributed by atoms with Crippen LogP contribution in [-0.2, 0) is 0 Å². The van der Waals surface area contributed by atoms with Gasteiger partial charge >= 0.3 is 0 Å². The van der Waals surface area contributed by atoms with E-state index in [-0.39, 0.29) is 11.9 Å². The van der Waals surface area contributed by atoms with Crippen LogP contribution < -0.4 is 0 Å². The molecule has 0 radical (unpaired) electrons. The van der Waals surface area contributed by atoms with E-state index in [0.717, 1.165) is 28.0 Å². The molecule has 4 rings (SSSR count). The average Bonchev–Trinajstić information content (AvgIpc) is 3.17. The molecule has 0 aliphatic rings. The Morgan fingerprint density at radius 3 is 2.46 bits per heavy atom. The number of imidazole rings is 1. The molecule has 0 bridgehead atoms. The van der Waals surface area contributed by atoms with Gasteiger partial charge in [-0.2, -0.15) is 0 Å². The van der Waals surface area contributed by atoms with Crippen molar-refractivity contribution in [2.45, 2.75) is 19.9 Å². The fourth-order valence-corrected chi connectivity index (χ4v) is 3.16. The molecular formula is C22H21N5O. The van der Waals surface area contributed by atoms with Crippen LogP contribution in [0, 0.1) is 6.92 Å². The number of aryl methyl sites for hydroxylation is 1. The van der Waals surface area contributed by atoms with Crippen molar-refractivity contribution in [3.8, 4) is 5.69 Å². The Kier molecular flexibility index (Phi) is 4.61.